The molecule has 0 saturated heterocycles. The van der Waals surface area contributed by atoms with Crippen LogP contribution in [0.1, 0.15) is 5.56 Å². The summed E-state index contributed by atoms with van der Waals surface area (Å²) in [4.78, 5) is 13.9. The van der Waals surface area contributed by atoms with Crippen LogP contribution in [0.15, 0.2) is 36.4 Å². The molecule has 7 heteroatoms. The SMILES string of the molecule is COc1cc(CN(C)C(=O)COc2ccc(Cl)cc2)cc(OC)c1OC. The third kappa shape index (κ3) is 4.95. The topological polar surface area (TPSA) is 57.2 Å². The van der Waals surface area contributed by atoms with Crippen LogP contribution in [0.5, 0.6) is 23.0 Å². The van der Waals surface area contributed by atoms with Crippen molar-refractivity contribution in [2.75, 3.05) is 35.0 Å². The molecule has 0 aliphatic carbocycles. The Morgan fingerprint density at radius 3 is 2.08 bits per heavy atom. The van der Waals surface area contributed by atoms with Gasteiger partial charge in [0.15, 0.2) is 18.1 Å². The summed E-state index contributed by atoms with van der Waals surface area (Å²) in [5.74, 6) is 2.02. The fourth-order valence-electron chi connectivity index (χ4n) is 2.37. The van der Waals surface area contributed by atoms with E-state index < -0.39 is 0 Å². The van der Waals surface area contributed by atoms with E-state index in [0.29, 0.717) is 34.6 Å². The predicted molar refractivity (Wildman–Crippen MR) is 99.5 cm³/mol. The first-order valence-corrected chi connectivity index (χ1v) is 8.27. The zero-order valence-corrected chi connectivity index (χ0v) is 16.0. The van der Waals surface area contributed by atoms with E-state index in [2.05, 4.69) is 0 Å². The van der Waals surface area contributed by atoms with E-state index in [9.17, 15) is 4.79 Å². The van der Waals surface area contributed by atoms with Gasteiger partial charge in [-0.1, -0.05) is 11.6 Å². The third-order valence-electron chi connectivity index (χ3n) is 3.75. The number of carbonyl (C=O) groups excluding carboxylic acids is 1. The second-order valence-electron chi connectivity index (χ2n) is 5.53. The number of nitrogens with zero attached hydrogens (tertiary/aromatic N) is 1. The van der Waals surface area contributed by atoms with Crippen LogP contribution in [0.4, 0.5) is 0 Å². The summed E-state index contributed by atoms with van der Waals surface area (Å²) in [6, 6.07) is 10.5. The Kier molecular flexibility index (Phi) is 6.97. The van der Waals surface area contributed by atoms with Crippen LogP contribution in [0.25, 0.3) is 0 Å². The zero-order valence-electron chi connectivity index (χ0n) is 15.2. The maximum absolute atomic E-state index is 12.3. The summed E-state index contributed by atoms with van der Waals surface area (Å²) in [5.41, 5.74) is 0.849. The largest absolute Gasteiger partial charge is 0.493 e. The van der Waals surface area contributed by atoms with Gasteiger partial charge in [0.25, 0.3) is 5.91 Å². The lowest BCUT2D eigenvalue weighted by Gasteiger charge is -2.19. The van der Waals surface area contributed by atoms with Gasteiger partial charge in [-0.2, -0.15) is 0 Å². The van der Waals surface area contributed by atoms with Crippen LogP contribution in [0.2, 0.25) is 5.02 Å². The zero-order chi connectivity index (χ0) is 19.1. The van der Waals surface area contributed by atoms with Gasteiger partial charge < -0.3 is 23.8 Å². The molecule has 2 aromatic rings. The number of amides is 1. The molecule has 0 saturated carbocycles. The van der Waals surface area contributed by atoms with E-state index in [4.69, 9.17) is 30.5 Å². The minimum Gasteiger partial charge on any atom is -0.493 e. The van der Waals surface area contributed by atoms with Crippen molar-refractivity contribution >= 4 is 17.5 Å². The molecule has 0 fully saturated rings. The Hall–Kier alpha value is -2.60. The van der Waals surface area contributed by atoms with E-state index in [1.165, 1.54) is 0 Å². The van der Waals surface area contributed by atoms with Gasteiger partial charge in [-0.25, -0.2) is 0 Å². The van der Waals surface area contributed by atoms with Crippen LogP contribution in [-0.2, 0) is 11.3 Å². The second-order valence-corrected chi connectivity index (χ2v) is 5.96. The van der Waals surface area contributed by atoms with Crippen molar-refractivity contribution in [1.82, 2.24) is 4.90 Å². The summed E-state index contributed by atoms with van der Waals surface area (Å²) in [5, 5.41) is 0.614. The van der Waals surface area contributed by atoms with Crippen LogP contribution < -0.4 is 18.9 Å². The number of hydrogen-bond donors (Lipinski definition) is 0. The highest BCUT2D eigenvalue weighted by atomic mass is 35.5. The minimum atomic E-state index is -0.159. The molecule has 0 aromatic heterocycles. The number of hydrogen-bond acceptors (Lipinski definition) is 5. The summed E-state index contributed by atoms with van der Waals surface area (Å²) in [6.07, 6.45) is 0. The Bertz CT molecular complexity index is 723. The normalized spacial score (nSPS) is 10.2. The Labute approximate surface area is 158 Å². The van der Waals surface area contributed by atoms with Crippen LogP contribution >= 0.6 is 11.6 Å². The van der Waals surface area contributed by atoms with Gasteiger partial charge in [-0.3, -0.25) is 4.79 Å². The predicted octanol–water partition coefficient (Wildman–Crippen LogP) is 3.40. The van der Waals surface area contributed by atoms with Crippen molar-refractivity contribution < 1.29 is 23.7 Å². The summed E-state index contributed by atoms with van der Waals surface area (Å²) in [7, 11) is 6.35. The number of ether oxygens (including phenoxy) is 4. The number of benzene rings is 2. The molecule has 0 unspecified atom stereocenters. The number of methoxy groups -OCH3 is 3. The molecule has 0 N–H and O–H groups in total. The lowest BCUT2D eigenvalue weighted by atomic mass is 10.1. The average Bonchev–Trinajstić information content (AvgIpc) is 2.66. The lowest BCUT2D eigenvalue weighted by Crippen LogP contribution is -2.31. The molecule has 0 aliphatic rings. The Balaban J connectivity index is 2.02. The van der Waals surface area contributed by atoms with Gasteiger partial charge in [-0.15, -0.1) is 0 Å². The first kappa shape index (κ1) is 19.7. The molecule has 2 rings (SSSR count). The Morgan fingerprint density at radius 2 is 1.58 bits per heavy atom. The fraction of sp³-hybridized carbons (Fsp3) is 0.316. The van der Waals surface area contributed by atoms with Crippen LogP contribution in [0, 0.1) is 0 Å². The molecule has 1 amide bonds. The number of carbonyl (C=O) groups is 1. The second kappa shape index (κ2) is 9.20. The standard InChI is InChI=1S/C19H22ClNO5/c1-21(18(22)12-26-15-7-5-14(20)6-8-15)11-13-9-16(23-2)19(25-4)17(10-13)24-3/h5-10H,11-12H2,1-4H3. The summed E-state index contributed by atoms with van der Waals surface area (Å²) in [6.45, 7) is 0.308. The van der Waals surface area contributed by atoms with Gasteiger partial charge in [0, 0.05) is 18.6 Å². The highest BCUT2D eigenvalue weighted by Gasteiger charge is 2.16. The maximum atomic E-state index is 12.3. The molecule has 0 radical (unpaired) electrons. The van der Waals surface area contributed by atoms with Crippen molar-refractivity contribution in [3.05, 3.63) is 47.0 Å². The van der Waals surface area contributed by atoms with Crippen molar-refractivity contribution in [3.63, 3.8) is 0 Å². The van der Waals surface area contributed by atoms with Gasteiger partial charge in [-0.05, 0) is 42.0 Å². The maximum Gasteiger partial charge on any atom is 0.260 e. The molecule has 0 bridgehead atoms. The summed E-state index contributed by atoms with van der Waals surface area (Å²) >= 11 is 5.83. The molecule has 6 nitrogen and oxygen atoms in total. The van der Waals surface area contributed by atoms with E-state index >= 15 is 0 Å². The van der Waals surface area contributed by atoms with Crippen LogP contribution in [-0.4, -0.2) is 45.8 Å². The molecule has 2 aromatic carbocycles. The molecular formula is C19H22ClNO5. The van der Waals surface area contributed by atoms with Crippen molar-refractivity contribution in [2.24, 2.45) is 0 Å². The lowest BCUT2D eigenvalue weighted by molar-refractivity contribution is -0.132. The minimum absolute atomic E-state index is 0.0669. The quantitative estimate of drug-likeness (QED) is 0.703. The van der Waals surface area contributed by atoms with Crippen molar-refractivity contribution in [2.45, 2.75) is 6.54 Å². The smallest absolute Gasteiger partial charge is 0.260 e. The highest BCUT2D eigenvalue weighted by Crippen LogP contribution is 2.38. The molecule has 26 heavy (non-hydrogen) atoms. The van der Waals surface area contributed by atoms with Gasteiger partial charge in [0.05, 0.1) is 21.3 Å². The van der Waals surface area contributed by atoms with E-state index in [0.717, 1.165) is 5.56 Å². The molecule has 0 atom stereocenters. The number of rotatable bonds is 8. The highest BCUT2D eigenvalue weighted by molar-refractivity contribution is 6.30. The first-order chi connectivity index (χ1) is 12.5. The molecule has 0 aliphatic heterocycles. The molecular weight excluding hydrogens is 358 g/mol. The number of likely N-dealkylation sites (N-methyl/N-ethyl adjacent to an activating group) is 1. The summed E-state index contributed by atoms with van der Waals surface area (Å²) < 4.78 is 21.5. The monoisotopic (exact) mass is 379 g/mol. The molecule has 0 spiro atoms. The third-order valence-corrected chi connectivity index (χ3v) is 4.00. The average molecular weight is 380 g/mol. The van der Waals surface area contributed by atoms with Gasteiger partial charge in [0.1, 0.15) is 5.75 Å². The van der Waals surface area contributed by atoms with Crippen molar-refractivity contribution in [1.29, 1.82) is 0 Å². The van der Waals surface area contributed by atoms with Gasteiger partial charge in [0.2, 0.25) is 5.75 Å². The number of halogens is 1. The fourth-order valence-corrected chi connectivity index (χ4v) is 2.50. The van der Waals surface area contributed by atoms with E-state index in [1.807, 2.05) is 12.1 Å². The van der Waals surface area contributed by atoms with Crippen LogP contribution in [0.3, 0.4) is 0 Å². The molecule has 0 heterocycles. The van der Waals surface area contributed by atoms with Gasteiger partial charge >= 0.3 is 0 Å². The molecule has 140 valence electrons. The van der Waals surface area contributed by atoms with E-state index in [1.54, 1.807) is 57.5 Å². The van der Waals surface area contributed by atoms with E-state index in [-0.39, 0.29) is 12.5 Å². The first-order valence-electron chi connectivity index (χ1n) is 7.89. The van der Waals surface area contributed by atoms with Crippen molar-refractivity contribution in [3.8, 4) is 23.0 Å². The Morgan fingerprint density at radius 1 is 1.00 bits per heavy atom.